The lowest BCUT2D eigenvalue weighted by molar-refractivity contribution is 0.422. The zero-order valence-corrected chi connectivity index (χ0v) is 11.6. The van der Waals surface area contributed by atoms with E-state index in [0.29, 0.717) is 5.89 Å². The summed E-state index contributed by atoms with van der Waals surface area (Å²) < 4.78 is 10.7. The third kappa shape index (κ3) is 2.20. The van der Waals surface area contributed by atoms with Crippen LogP contribution in [-0.4, -0.2) is 10.1 Å². The maximum absolute atomic E-state index is 5.61. The summed E-state index contributed by atoms with van der Waals surface area (Å²) in [5.74, 6) is 0.499. The van der Waals surface area contributed by atoms with Crippen molar-refractivity contribution in [1.82, 2.24) is 10.1 Å². The van der Waals surface area contributed by atoms with Crippen LogP contribution in [0.3, 0.4) is 0 Å². The number of benzene rings is 2. The van der Waals surface area contributed by atoms with Crippen LogP contribution in [0.15, 0.2) is 82.1 Å². The molecular weight excluding hydrogens is 276 g/mol. The van der Waals surface area contributed by atoms with Gasteiger partial charge in [-0.05, 0) is 0 Å². The van der Waals surface area contributed by atoms with Crippen LogP contribution < -0.4 is 0 Å². The van der Waals surface area contributed by atoms with Crippen LogP contribution in [0.4, 0.5) is 0 Å². The summed E-state index contributed by atoms with van der Waals surface area (Å²) in [4.78, 5) is 4.54. The lowest BCUT2D eigenvalue weighted by atomic mass is 10.1. The molecule has 22 heavy (non-hydrogen) atoms. The standard InChI is InChI=1S/C18H12N2O2/c1-3-7-13(8-4-1)16-12-21-18(19-16)15-11-22-20-17(15)14-9-5-2-6-10-14/h1-12H. The van der Waals surface area contributed by atoms with Gasteiger partial charge in [0.25, 0.3) is 0 Å². The maximum atomic E-state index is 5.61. The summed E-state index contributed by atoms with van der Waals surface area (Å²) in [6.45, 7) is 0. The van der Waals surface area contributed by atoms with E-state index in [2.05, 4.69) is 10.1 Å². The van der Waals surface area contributed by atoms with Crippen LogP contribution in [0.1, 0.15) is 0 Å². The van der Waals surface area contributed by atoms with Crippen molar-refractivity contribution in [3.05, 3.63) is 73.2 Å². The van der Waals surface area contributed by atoms with E-state index in [1.165, 1.54) is 0 Å². The Labute approximate surface area is 127 Å². The van der Waals surface area contributed by atoms with E-state index in [4.69, 9.17) is 8.94 Å². The number of oxazole rings is 1. The lowest BCUT2D eigenvalue weighted by Crippen LogP contribution is -1.83. The highest BCUT2D eigenvalue weighted by Gasteiger charge is 2.17. The zero-order chi connectivity index (χ0) is 14.8. The zero-order valence-electron chi connectivity index (χ0n) is 11.6. The highest BCUT2D eigenvalue weighted by Crippen LogP contribution is 2.32. The van der Waals surface area contributed by atoms with Gasteiger partial charge in [-0.25, -0.2) is 4.98 Å². The molecule has 2 aromatic carbocycles. The highest BCUT2D eigenvalue weighted by atomic mass is 16.5. The predicted molar refractivity (Wildman–Crippen MR) is 82.9 cm³/mol. The Morgan fingerprint density at radius 3 is 2.14 bits per heavy atom. The smallest absolute Gasteiger partial charge is 0.232 e. The van der Waals surface area contributed by atoms with Crippen LogP contribution in [0, 0.1) is 0 Å². The van der Waals surface area contributed by atoms with E-state index in [-0.39, 0.29) is 0 Å². The summed E-state index contributed by atoms with van der Waals surface area (Å²) in [5.41, 5.74) is 4.23. The van der Waals surface area contributed by atoms with Gasteiger partial charge in [0.1, 0.15) is 29.5 Å². The molecule has 0 aliphatic carbocycles. The van der Waals surface area contributed by atoms with Crippen LogP contribution in [-0.2, 0) is 0 Å². The third-order valence-electron chi connectivity index (χ3n) is 3.42. The number of hydrogen-bond donors (Lipinski definition) is 0. The van der Waals surface area contributed by atoms with Crippen molar-refractivity contribution in [2.24, 2.45) is 0 Å². The first kappa shape index (κ1) is 12.6. The largest absolute Gasteiger partial charge is 0.444 e. The normalized spacial score (nSPS) is 10.7. The van der Waals surface area contributed by atoms with Crippen molar-refractivity contribution in [2.75, 3.05) is 0 Å². The molecule has 4 rings (SSSR count). The Balaban J connectivity index is 1.76. The van der Waals surface area contributed by atoms with Crippen LogP contribution in [0.25, 0.3) is 34.0 Å². The van der Waals surface area contributed by atoms with Gasteiger partial charge in [-0.15, -0.1) is 0 Å². The summed E-state index contributed by atoms with van der Waals surface area (Å²) in [6, 6.07) is 19.7. The Bertz CT molecular complexity index is 880. The van der Waals surface area contributed by atoms with E-state index in [1.54, 1.807) is 12.5 Å². The summed E-state index contributed by atoms with van der Waals surface area (Å²) >= 11 is 0. The third-order valence-corrected chi connectivity index (χ3v) is 3.42. The fraction of sp³-hybridized carbons (Fsp3) is 0. The maximum Gasteiger partial charge on any atom is 0.232 e. The van der Waals surface area contributed by atoms with Gasteiger partial charge in [0, 0.05) is 11.1 Å². The second-order valence-electron chi connectivity index (χ2n) is 4.85. The second kappa shape index (κ2) is 5.33. The Morgan fingerprint density at radius 1 is 0.727 bits per heavy atom. The van der Waals surface area contributed by atoms with Gasteiger partial charge in [-0.1, -0.05) is 65.8 Å². The minimum Gasteiger partial charge on any atom is -0.444 e. The van der Waals surface area contributed by atoms with Crippen molar-refractivity contribution in [1.29, 1.82) is 0 Å². The van der Waals surface area contributed by atoms with Gasteiger partial charge in [0.15, 0.2) is 0 Å². The molecule has 0 aliphatic rings. The first-order chi connectivity index (χ1) is 10.9. The van der Waals surface area contributed by atoms with Gasteiger partial charge < -0.3 is 8.94 Å². The first-order valence-electron chi connectivity index (χ1n) is 6.93. The quantitative estimate of drug-likeness (QED) is 0.550. The number of nitrogens with zero attached hydrogens (tertiary/aromatic N) is 2. The molecule has 0 amide bonds. The van der Waals surface area contributed by atoms with Gasteiger partial charge in [-0.2, -0.15) is 0 Å². The average Bonchev–Trinajstić information content (AvgIpc) is 3.25. The number of hydrogen-bond acceptors (Lipinski definition) is 4. The van der Waals surface area contributed by atoms with Crippen molar-refractivity contribution >= 4 is 0 Å². The molecule has 4 nitrogen and oxygen atoms in total. The van der Waals surface area contributed by atoms with Gasteiger partial charge in [-0.3, -0.25) is 0 Å². The van der Waals surface area contributed by atoms with Crippen molar-refractivity contribution in [2.45, 2.75) is 0 Å². The fourth-order valence-electron chi connectivity index (χ4n) is 2.33. The van der Waals surface area contributed by atoms with Crippen LogP contribution in [0.5, 0.6) is 0 Å². The monoisotopic (exact) mass is 288 g/mol. The van der Waals surface area contributed by atoms with E-state index in [1.807, 2.05) is 60.7 Å². The van der Waals surface area contributed by atoms with Crippen LogP contribution in [0.2, 0.25) is 0 Å². The summed E-state index contributed by atoms with van der Waals surface area (Å²) in [6.07, 6.45) is 3.20. The molecule has 2 heterocycles. The van der Waals surface area contributed by atoms with Crippen molar-refractivity contribution in [3.63, 3.8) is 0 Å². The van der Waals surface area contributed by atoms with E-state index in [9.17, 15) is 0 Å². The van der Waals surface area contributed by atoms with E-state index < -0.39 is 0 Å². The molecule has 0 saturated carbocycles. The number of rotatable bonds is 3. The topological polar surface area (TPSA) is 52.1 Å². The summed E-state index contributed by atoms with van der Waals surface area (Å²) in [7, 11) is 0. The molecule has 0 fully saturated rings. The molecule has 0 unspecified atom stereocenters. The molecule has 106 valence electrons. The molecule has 2 aromatic heterocycles. The molecule has 0 spiro atoms. The van der Waals surface area contributed by atoms with Crippen LogP contribution >= 0.6 is 0 Å². The Hall–Kier alpha value is -3.14. The van der Waals surface area contributed by atoms with E-state index in [0.717, 1.165) is 28.1 Å². The minimum absolute atomic E-state index is 0.499. The van der Waals surface area contributed by atoms with Gasteiger partial charge >= 0.3 is 0 Å². The molecule has 4 aromatic rings. The molecule has 0 atom stereocenters. The highest BCUT2D eigenvalue weighted by molar-refractivity contribution is 5.76. The van der Waals surface area contributed by atoms with Gasteiger partial charge in [0.2, 0.25) is 5.89 Å². The molecular formula is C18H12N2O2. The SMILES string of the molecule is c1ccc(-c2coc(-c3conc3-c3ccccc3)n2)cc1. The Morgan fingerprint density at radius 2 is 1.41 bits per heavy atom. The van der Waals surface area contributed by atoms with Crippen molar-refractivity contribution in [3.8, 4) is 34.0 Å². The molecule has 0 aliphatic heterocycles. The average molecular weight is 288 g/mol. The predicted octanol–water partition coefficient (Wildman–Crippen LogP) is 4.66. The lowest BCUT2D eigenvalue weighted by Gasteiger charge is -1.97. The second-order valence-corrected chi connectivity index (χ2v) is 4.85. The summed E-state index contributed by atoms with van der Waals surface area (Å²) in [5, 5.41) is 4.07. The van der Waals surface area contributed by atoms with Crippen molar-refractivity contribution < 1.29 is 8.94 Å². The molecule has 0 bridgehead atoms. The minimum atomic E-state index is 0.499. The number of aromatic nitrogens is 2. The molecule has 4 heteroatoms. The van der Waals surface area contributed by atoms with Gasteiger partial charge in [0.05, 0.1) is 0 Å². The molecule has 0 saturated heterocycles. The molecule has 0 N–H and O–H groups in total. The first-order valence-corrected chi connectivity index (χ1v) is 6.93. The Kier molecular flexibility index (Phi) is 3.05. The van der Waals surface area contributed by atoms with E-state index >= 15 is 0 Å². The molecule has 0 radical (unpaired) electrons. The fourth-order valence-corrected chi connectivity index (χ4v) is 2.33.